The molecule has 0 spiro atoms. The predicted octanol–water partition coefficient (Wildman–Crippen LogP) is 4.05. The van der Waals surface area contributed by atoms with Gasteiger partial charge in [-0.05, 0) is 37.5 Å². The number of aryl methyl sites for hydroxylation is 1. The van der Waals surface area contributed by atoms with Gasteiger partial charge in [-0.3, -0.25) is 4.90 Å². The fourth-order valence-electron chi connectivity index (χ4n) is 4.57. The minimum absolute atomic E-state index is 0.187. The van der Waals surface area contributed by atoms with Crippen LogP contribution < -0.4 is 4.90 Å². The van der Waals surface area contributed by atoms with Crippen LogP contribution in [0.2, 0.25) is 0 Å². The molecule has 0 unspecified atom stereocenters. The monoisotopic (exact) mass is 484 g/mol. The Hall–Kier alpha value is -2.18. The number of pyridine rings is 1. The Bertz CT molecular complexity index is 1050. The first kappa shape index (κ1) is 24.9. The molecule has 3 heterocycles. The number of thioether (sulfide) groups is 1. The first-order valence-corrected chi connectivity index (χ1v) is 12.8. The van der Waals surface area contributed by atoms with Crippen molar-refractivity contribution in [2.75, 3.05) is 57.1 Å². The zero-order valence-electron chi connectivity index (χ0n) is 20.3. The molecule has 1 saturated heterocycles. The minimum atomic E-state index is -0.328. The van der Waals surface area contributed by atoms with Crippen LogP contribution >= 0.6 is 11.8 Å². The molecule has 2 aromatic rings. The van der Waals surface area contributed by atoms with E-state index in [9.17, 15) is 9.65 Å². The molecule has 2 aliphatic heterocycles. The lowest BCUT2D eigenvalue weighted by Crippen LogP contribution is -2.48. The van der Waals surface area contributed by atoms with Crippen molar-refractivity contribution in [1.82, 2.24) is 9.88 Å². The van der Waals surface area contributed by atoms with Gasteiger partial charge in [-0.1, -0.05) is 18.2 Å². The third-order valence-electron chi connectivity index (χ3n) is 6.53. The molecular formula is C26H33FN4O2S. The Morgan fingerprint density at radius 2 is 1.97 bits per heavy atom. The normalized spacial score (nSPS) is 17.9. The summed E-state index contributed by atoms with van der Waals surface area (Å²) in [4.78, 5) is 9.75. The van der Waals surface area contributed by atoms with Gasteiger partial charge in [0.25, 0.3) is 0 Å². The molecule has 6 nitrogen and oxygen atoms in total. The molecular weight excluding hydrogens is 451 g/mol. The number of anilines is 1. The number of methoxy groups -OCH3 is 1. The standard InChI is InChI=1S/C26H33FN4O2S/c1-26(2)16-20-21(17-28)25(34-15-8-19-6-4-5-7-23(19)27)29-24(22(20)18-33-26)31-11-9-30(10-12-31)13-14-32-3/h4-7H,8-16,18H2,1-3H3. The van der Waals surface area contributed by atoms with Gasteiger partial charge >= 0.3 is 0 Å². The molecule has 1 aromatic carbocycles. The zero-order chi connectivity index (χ0) is 24.1. The molecule has 4 rings (SSSR count). The summed E-state index contributed by atoms with van der Waals surface area (Å²) in [5.41, 5.74) is 3.10. The number of rotatable bonds is 8. The van der Waals surface area contributed by atoms with Gasteiger partial charge in [0.1, 0.15) is 22.7 Å². The fourth-order valence-corrected chi connectivity index (χ4v) is 5.55. The van der Waals surface area contributed by atoms with Crippen LogP contribution in [0.25, 0.3) is 0 Å². The molecule has 0 N–H and O–H groups in total. The maximum atomic E-state index is 14.1. The second-order valence-corrected chi connectivity index (χ2v) is 10.5. The van der Waals surface area contributed by atoms with E-state index in [2.05, 4.69) is 29.7 Å². The van der Waals surface area contributed by atoms with Crippen LogP contribution in [0, 0.1) is 17.1 Å². The quantitative estimate of drug-likeness (QED) is 0.524. The van der Waals surface area contributed by atoms with Gasteiger partial charge in [0.05, 0.1) is 24.4 Å². The average Bonchev–Trinajstić information content (AvgIpc) is 2.83. The Kier molecular flexibility index (Phi) is 8.10. The maximum Gasteiger partial charge on any atom is 0.135 e. The average molecular weight is 485 g/mol. The Balaban J connectivity index is 1.60. The predicted molar refractivity (Wildman–Crippen MR) is 133 cm³/mol. The number of fused-ring (bicyclic) bond motifs is 1. The Morgan fingerprint density at radius 1 is 1.21 bits per heavy atom. The molecule has 0 amide bonds. The molecule has 34 heavy (non-hydrogen) atoms. The van der Waals surface area contributed by atoms with Crippen molar-refractivity contribution < 1.29 is 13.9 Å². The SMILES string of the molecule is COCCN1CCN(c2nc(SCCc3ccccc3F)c(C#N)c3c2COC(C)(C)C3)CC1. The smallest absolute Gasteiger partial charge is 0.135 e. The summed E-state index contributed by atoms with van der Waals surface area (Å²) in [5, 5.41) is 10.8. The second-order valence-electron chi connectivity index (χ2n) is 9.42. The van der Waals surface area contributed by atoms with Crippen molar-refractivity contribution in [3.8, 4) is 6.07 Å². The van der Waals surface area contributed by atoms with Gasteiger partial charge in [-0.25, -0.2) is 9.37 Å². The molecule has 2 aliphatic rings. The molecule has 182 valence electrons. The van der Waals surface area contributed by atoms with E-state index in [1.165, 1.54) is 6.07 Å². The van der Waals surface area contributed by atoms with Crippen molar-refractivity contribution in [2.45, 2.75) is 43.9 Å². The molecule has 8 heteroatoms. The third-order valence-corrected chi connectivity index (χ3v) is 7.51. The lowest BCUT2D eigenvalue weighted by atomic mass is 9.89. The second kappa shape index (κ2) is 11.0. The summed E-state index contributed by atoms with van der Waals surface area (Å²) >= 11 is 1.54. The van der Waals surface area contributed by atoms with Gasteiger partial charge < -0.3 is 14.4 Å². The van der Waals surface area contributed by atoms with Crippen molar-refractivity contribution in [2.24, 2.45) is 0 Å². The molecule has 0 radical (unpaired) electrons. The Labute approximate surface area is 206 Å². The molecule has 1 aromatic heterocycles. The van der Waals surface area contributed by atoms with Crippen LogP contribution in [0.4, 0.5) is 10.2 Å². The molecule has 1 fully saturated rings. The fraction of sp³-hybridized carbons (Fsp3) is 0.538. The summed E-state index contributed by atoms with van der Waals surface area (Å²) in [6.45, 7) is 9.89. The summed E-state index contributed by atoms with van der Waals surface area (Å²) in [6.07, 6.45) is 1.26. The molecule has 0 aliphatic carbocycles. The number of hydrogen-bond acceptors (Lipinski definition) is 7. The highest BCUT2D eigenvalue weighted by Crippen LogP contribution is 2.39. The highest BCUT2D eigenvalue weighted by Gasteiger charge is 2.34. The Morgan fingerprint density at radius 3 is 2.68 bits per heavy atom. The van der Waals surface area contributed by atoms with Crippen LogP contribution in [-0.4, -0.2) is 67.7 Å². The largest absolute Gasteiger partial charge is 0.383 e. The summed E-state index contributed by atoms with van der Waals surface area (Å²) in [5.74, 6) is 1.41. The van der Waals surface area contributed by atoms with Crippen LogP contribution in [-0.2, 0) is 28.9 Å². The minimum Gasteiger partial charge on any atom is -0.383 e. The van der Waals surface area contributed by atoms with E-state index in [4.69, 9.17) is 14.5 Å². The summed E-state index contributed by atoms with van der Waals surface area (Å²) in [6, 6.07) is 9.29. The summed E-state index contributed by atoms with van der Waals surface area (Å²) in [7, 11) is 1.73. The molecule has 0 atom stereocenters. The van der Waals surface area contributed by atoms with Crippen molar-refractivity contribution in [3.05, 3.63) is 52.3 Å². The number of nitriles is 1. The van der Waals surface area contributed by atoms with E-state index in [1.807, 2.05) is 12.1 Å². The summed E-state index contributed by atoms with van der Waals surface area (Å²) < 4.78 is 25.4. The third kappa shape index (κ3) is 5.72. The van der Waals surface area contributed by atoms with Gasteiger partial charge in [0, 0.05) is 57.6 Å². The maximum absolute atomic E-state index is 14.1. The molecule has 0 saturated carbocycles. The first-order chi connectivity index (χ1) is 16.4. The lowest BCUT2D eigenvalue weighted by molar-refractivity contribution is -0.0402. The van der Waals surface area contributed by atoms with Crippen LogP contribution in [0.5, 0.6) is 0 Å². The van der Waals surface area contributed by atoms with E-state index < -0.39 is 0 Å². The number of nitrogens with zero attached hydrogens (tertiary/aromatic N) is 4. The van der Waals surface area contributed by atoms with Gasteiger partial charge in [0.15, 0.2) is 0 Å². The number of halogens is 1. The van der Waals surface area contributed by atoms with E-state index in [0.29, 0.717) is 36.3 Å². The van der Waals surface area contributed by atoms with Crippen LogP contribution in [0.15, 0.2) is 29.3 Å². The van der Waals surface area contributed by atoms with Crippen LogP contribution in [0.3, 0.4) is 0 Å². The highest BCUT2D eigenvalue weighted by molar-refractivity contribution is 7.99. The van der Waals surface area contributed by atoms with E-state index in [-0.39, 0.29) is 11.4 Å². The van der Waals surface area contributed by atoms with Crippen LogP contribution in [0.1, 0.15) is 36.1 Å². The highest BCUT2D eigenvalue weighted by atomic mass is 32.2. The zero-order valence-corrected chi connectivity index (χ0v) is 21.1. The van der Waals surface area contributed by atoms with Crippen molar-refractivity contribution in [1.29, 1.82) is 5.26 Å². The van der Waals surface area contributed by atoms with Crippen molar-refractivity contribution in [3.63, 3.8) is 0 Å². The topological polar surface area (TPSA) is 61.6 Å². The van der Waals surface area contributed by atoms with E-state index in [0.717, 1.165) is 61.3 Å². The number of benzene rings is 1. The number of piperazine rings is 1. The lowest BCUT2D eigenvalue weighted by Gasteiger charge is -2.39. The number of ether oxygens (including phenoxy) is 2. The number of aromatic nitrogens is 1. The number of hydrogen-bond donors (Lipinski definition) is 0. The van der Waals surface area contributed by atoms with E-state index >= 15 is 0 Å². The molecule has 0 bridgehead atoms. The van der Waals surface area contributed by atoms with E-state index in [1.54, 1.807) is 24.9 Å². The van der Waals surface area contributed by atoms with Gasteiger partial charge in [-0.15, -0.1) is 11.8 Å². The first-order valence-electron chi connectivity index (χ1n) is 11.8. The van der Waals surface area contributed by atoms with Crippen molar-refractivity contribution >= 4 is 17.6 Å². The van der Waals surface area contributed by atoms with Gasteiger partial charge in [-0.2, -0.15) is 5.26 Å². The van der Waals surface area contributed by atoms with Gasteiger partial charge in [0.2, 0.25) is 0 Å².